The van der Waals surface area contributed by atoms with Crippen LogP contribution in [-0.4, -0.2) is 25.3 Å². The number of hydrogen-bond acceptors (Lipinski definition) is 6. The second kappa shape index (κ2) is 6.54. The Morgan fingerprint density at radius 3 is 2.64 bits per heavy atom. The number of sulfonamides is 1. The minimum atomic E-state index is -3.89. The molecule has 0 saturated heterocycles. The third-order valence-electron chi connectivity index (χ3n) is 3.75. The maximum absolute atomic E-state index is 12.4. The summed E-state index contributed by atoms with van der Waals surface area (Å²) in [6.45, 7) is 1.47. The van der Waals surface area contributed by atoms with Gasteiger partial charge in [-0.3, -0.25) is 14.9 Å². The number of rotatable bonds is 6. The fourth-order valence-electron chi connectivity index (χ4n) is 2.23. The SMILES string of the molecule is Cc1c(NC(=O)c2cccs2)cc(S(=O)(=O)NC2CC2)cc1[N+](=O)[O-]. The zero-order valence-electron chi connectivity index (χ0n) is 13.2. The van der Waals surface area contributed by atoms with E-state index in [1.165, 1.54) is 24.3 Å². The molecule has 2 aromatic rings. The molecule has 0 bridgehead atoms. The highest BCUT2D eigenvalue weighted by atomic mass is 32.2. The van der Waals surface area contributed by atoms with Crippen LogP contribution in [0.3, 0.4) is 0 Å². The van der Waals surface area contributed by atoms with Gasteiger partial charge in [0.2, 0.25) is 10.0 Å². The standard InChI is InChI=1S/C15H15N3O5S2/c1-9-12(16-15(19)14-3-2-6-24-14)7-11(8-13(9)18(20)21)25(22,23)17-10-4-5-10/h2-3,6-8,10,17H,4-5H2,1H3,(H,16,19). The molecule has 3 rings (SSSR count). The number of carbonyl (C=O) groups excluding carboxylic acids is 1. The van der Waals surface area contributed by atoms with Gasteiger partial charge < -0.3 is 5.32 Å². The molecule has 8 nitrogen and oxygen atoms in total. The number of amides is 1. The molecule has 1 heterocycles. The average molecular weight is 381 g/mol. The third kappa shape index (κ3) is 3.86. The zero-order valence-corrected chi connectivity index (χ0v) is 14.8. The lowest BCUT2D eigenvalue weighted by molar-refractivity contribution is -0.385. The van der Waals surface area contributed by atoms with Crippen molar-refractivity contribution in [2.75, 3.05) is 5.32 Å². The largest absolute Gasteiger partial charge is 0.321 e. The summed E-state index contributed by atoms with van der Waals surface area (Å²) in [6, 6.07) is 5.45. The monoisotopic (exact) mass is 381 g/mol. The molecule has 0 unspecified atom stereocenters. The Hall–Kier alpha value is -2.30. The van der Waals surface area contributed by atoms with Crippen molar-refractivity contribution in [3.63, 3.8) is 0 Å². The predicted octanol–water partition coefficient (Wildman–Crippen LogP) is 2.66. The number of carbonyl (C=O) groups is 1. The lowest BCUT2D eigenvalue weighted by Crippen LogP contribution is -2.26. The van der Waals surface area contributed by atoms with Gasteiger partial charge in [-0.05, 0) is 37.3 Å². The Labute approximate surface area is 148 Å². The molecular formula is C15H15N3O5S2. The fourth-order valence-corrected chi connectivity index (χ4v) is 4.20. The van der Waals surface area contributed by atoms with E-state index in [-0.39, 0.29) is 27.9 Å². The lowest BCUT2D eigenvalue weighted by atomic mass is 10.1. The van der Waals surface area contributed by atoms with Gasteiger partial charge in [-0.25, -0.2) is 13.1 Å². The van der Waals surface area contributed by atoms with E-state index in [9.17, 15) is 23.3 Å². The summed E-state index contributed by atoms with van der Waals surface area (Å²) in [5.41, 5.74) is -0.0656. The maximum atomic E-state index is 12.4. The first-order valence-corrected chi connectivity index (χ1v) is 9.80. The quantitative estimate of drug-likeness (QED) is 0.589. The van der Waals surface area contributed by atoms with Gasteiger partial charge in [-0.1, -0.05) is 6.07 Å². The summed E-state index contributed by atoms with van der Waals surface area (Å²) in [5.74, 6) is -0.447. The van der Waals surface area contributed by atoms with Gasteiger partial charge in [0.1, 0.15) is 0 Å². The molecule has 132 valence electrons. The van der Waals surface area contributed by atoms with Gasteiger partial charge in [-0.15, -0.1) is 11.3 Å². The van der Waals surface area contributed by atoms with Crippen LogP contribution in [0.1, 0.15) is 28.1 Å². The maximum Gasteiger partial charge on any atom is 0.275 e. The van der Waals surface area contributed by atoms with Crippen LogP contribution in [0, 0.1) is 17.0 Å². The normalized spacial score (nSPS) is 14.3. The van der Waals surface area contributed by atoms with Crippen molar-refractivity contribution in [1.82, 2.24) is 4.72 Å². The molecule has 2 N–H and O–H groups in total. The molecule has 1 saturated carbocycles. The molecule has 0 atom stereocenters. The molecule has 1 aliphatic carbocycles. The van der Waals surface area contributed by atoms with E-state index in [4.69, 9.17) is 0 Å². The second-order valence-electron chi connectivity index (χ2n) is 5.70. The summed E-state index contributed by atoms with van der Waals surface area (Å²) < 4.78 is 27.3. The van der Waals surface area contributed by atoms with Crippen molar-refractivity contribution in [2.45, 2.75) is 30.7 Å². The Bertz CT molecular complexity index is 934. The molecule has 1 aromatic heterocycles. The molecule has 1 fully saturated rings. The molecule has 1 amide bonds. The highest BCUT2D eigenvalue weighted by Gasteiger charge is 2.30. The number of nitrogens with one attached hydrogen (secondary N) is 2. The van der Waals surface area contributed by atoms with Crippen molar-refractivity contribution in [3.05, 3.63) is 50.2 Å². The summed E-state index contributed by atoms with van der Waals surface area (Å²) in [7, 11) is -3.89. The van der Waals surface area contributed by atoms with E-state index in [1.54, 1.807) is 17.5 Å². The van der Waals surface area contributed by atoms with E-state index < -0.39 is 20.9 Å². The van der Waals surface area contributed by atoms with E-state index >= 15 is 0 Å². The molecule has 10 heteroatoms. The zero-order chi connectivity index (χ0) is 18.2. The summed E-state index contributed by atoms with van der Waals surface area (Å²) in [6.07, 6.45) is 1.49. The third-order valence-corrected chi connectivity index (χ3v) is 6.12. The topological polar surface area (TPSA) is 118 Å². The number of nitro groups is 1. The molecule has 0 aliphatic heterocycles. The lowest BCUT2D eigenvalue weighted by Gasteiger charge is -2.12. The average Bonchev–Trinajstić information content (AvgIpc) is 3.15. The molecule has 25 heavy (non-hydrogen) atoms. The minimum Gasteiger partial charge on any atom is -0.321 e. The van der Waals surface area contributed by atoms with Gasteiger partial charge >= 0.3 is 0 Å². The first kappa shape index (κ1) is 17.5. The highest BCUT2D eigenvalue weighted by Crippen LogP contribution is 2.31. The van der Waals surface area contributed by atoms with Crippen LogP contribution in [0.5, 0.6) is 0 Å². The van der Waals surface area contributed by atoms with Crippen molar-refractivity contribution < 1.29 is 18.1 Å². The Kier molecular flexibility index (Phi) is 4.58. The Balaban J connectivity index is 2.01. The van der Waals surface area contributed by atoms with Gasteiger partial charge in [0, 0.05) is 12.1 Å². The van der Waals surface area contributed by atoms with Crippen LogP contribution in [0.2, 0.25) is 0 Å². The molecule has 0 radical (unpaired) electrons. The number of nitrogens with zero attached hydrogens (tertiary/aromatic N) is 1. The number of hydrogen-bond donors (Lipinski definition) is 2. The van der Waals surface area contributed by atoms with E-state index in [1.807, 2.05) is 0 Å². The smallest absolute Gasteiger partial charge is 0.275 e. The summed E-state index contributed by atoms with van der Waals surface area (Å²) >= 11 is 1.22. The van der Waals surface area contributed by atoms with E-state index in [0.29, 0.717) is 4.88 Å². The van der Waals surface area contributed by atoms with E-state index in [0.717, 1.165) is 18.9 Å². The van der Waals surface area contributed by atoms with Gasteiger partial charge in [-0.2, -0.15) is 0 Å². The van der Waals surface area contributed by atoms with Gasteiger partial charge in [0.25, 0.3) is 11.6 Å². The fraction of sp³-hybridized carbons (Fsp3) is 0.267. The van der Waals surface area contributed by atoms with Crippen molar-refractivity contribution >= 4 is 38.6 Å². The molecule has 1 aliphatic rings. The van der Waals surface area contributed by atoms with Crippen molar-refractivity contribution in [3.8, 4) is 0 Å². The van der Waals surface area contributed by atoms with Crippen molar-refractivity contribution in [1.29, 1.82) is 0 Å². The number of anilines is 1. The number of thiophene rings is 1. The second-order valence-corrected chi connectivity index (χ2v) is 8.36. The number of nitro benzene ring substituents is 1. The van der Waals surface area contributed by atoms with Crippen LogP contribution in [-0.2, 0) is 10.0 Å². The first-order chi connectivity index (χ1) is 11.8. The van der Waals surface area contributed by atoms with Crippen molar-refractivity contribution in [2.24, 2.45) is 0 Å². The first-order valence-electron chi connectivity index (χ1n) is 7.44. The summed E-state index contributed by atoms with van der Waals surface area (Å²) in [5, 5.41) is 15.6. The van der Waals surface area contributed by atoms with Crippen LogP contribution in [0.25, 0.3) is 0 Å². The minimum absolute atomic E-state index is 0.101. The molecule has 0 spiro atoms. The van der Waals surface area contributed by atoms with Crippen LogP contribution in [0.4, 0.5) is 11.4 Å². The number of benzene rings is 1. The van der Waals surface area contributed by atoms with Crippen LogP contribution < -0.4 is 10.0 Å². The van der Waals surface area contributed by atoms with E-state index in [2.05, 4.69) is 10.0 Å². The Morgan fingerprint density at radius 1 is 1.36 bits per heavy atom. The Morgan fingerprint density at radius 2 is 2.08 bits per heavy atom. The van der Waals surface area contributed by atoms with Gasteiger partial charge in [0.05, 0.1) is 25.9 Å². The molecule has 1 aromatic carbocycles. The summed E-state index contributed by atoms with van der Waals surface area (Å²) in [4.78, 5) is 23.0. The van der Waals surface area contributed by atoms with Gasteiger partial charge in [0.15, 0.2) is 0 Å². The molecular weight excluding hydrogens is 366 g/mol. The highest BCUT2D eigenvalue weighted by molar-refractivity contribution is 7.89. The van der Waals surface area contributed by atoms with Crippen LogP contribution in [0.15, 0.2) is 34.5 Å². The van der Waals surface area contributed by atoms with Crippen LogP contribution >= 0.6 is 11.3 Å². The predicted molar refractivity (Wildman–Crippen MR) is 93.4 cm³/mol.